The second-order valence-electron chi connectivity index (χ2n) is 7.21. The Morgan fingerprint density at radius 1 is 1.15 bits per heavy atom. The van der Waals surface area contributed by atoms with Gasteiger partial charge in [-0.05, 0) is 30.5 Å². The number of hydrogen-bond acceptors (Lipinski definition) is 4. The van der Waals surface area contributed by atoms with Gasteiger partial charge in [0.25, 0.3) is 0 Å². The van der Waals surface area contributed by atoms with E-state index in [9.17, 15) is 9.59 Å². The maximum absolute atomic E-state index is 12.5. The minimum Gasteiger partial charge on any atom is -0.493 e. The lowest BCUT2D eigenvalue weighted by Gasteiger charge is -2.24. The molecule has 0 aromatic heterocycles. The number of methoxy groups -OCH3 is 2. The van der Waals surface area contributed by atoms with Crippen LogP contribution in [0.25, 0.3) is 0 Å². The summed E-state index contributed by atoms with van der Waals surface area (Å²) in [5, 5.41) is 3.14. The van der Waals surface area contributed by atoms with E-state index in [1.165, 1.54) is 19.3 Å². The quantitative estimate of drug-likeness (QED) is 0.846. The van der Waals surface area contributed by atoms with E-state index >= 15 is 0 Å². The third-order valence-electron chi connectivity index (χ3n) is 5.36. The fraction of sp³-hybridized carbons (Fsp3) is 0.600. The molecule has 1 atom stereocenters. The monoisotopic (exact) mass is 360 g/mol. The smallest absolute Gasteiger partial charge is 0.225 e. The molecule has 0 spiro atoms. The van der Waals surface area contributed by atoms with Gasteiger partial charge >= 0.3 is 0 Å². The highest BCUT2D eigenvalue weighted by molar-refractivity contribution is 5.89. The van der Waals surface area contributed by atoms with Gasteiger partial charge in [-0.1, -0.05) is 25.3 Å². The largest absolute Gasteiger partial charge is 0.493 e. The summed E-state index contributed by atoms with van der Waals surface area (Å²) in [5.41, 5.74) is 0.962. The van der Waals surface area contributed by atoms with E-state index in [1.54, 1.807) is 19.1 Å². The zero-order chi connectivity index (χ0) is 18.5. The zero-order valence-electron chi connectivity index (χ0n) is 15.6. The van der Waals surface area contributed by atoms with E-state index in [2.05, 4.69) is 5.32 Å². The van der Waals surface area contributed by atoms with Crippen LogP contribution in [0.4, 0.5) is 0 Å². The van der Waals surface area contributed by atoms with E-state index in [1.807, 2.05) is 18.2 Å². The molecule has 2 amide bonds. The number of carbonyl (C=O) groups is 2. The number of nitrogens with one attached hydrogen (secondary N) is 1. The van der Waals surface area contributed by atoms with Crippen molar-refractivity contribution in [2.75, 3.05) is 20.8 Å². The van der Waals surface area contributed by atoms with Gasteiger partial charge in [-0.25, -0.2) is 0 Å². The molecule has 1 saturated heterocycles. The van der Waals surface area contributed by atoms with E-state index in [0.29, 0.717) is 31.0 Å². The standard InChI is InChI=1S/C20H28N2O4/c1-25-17-9-8-14(10-18(17)26-2)12-22-13-15(11-19(22)23)20(24)21-16-6-4-3-5-7-16/h8-10,15-16H,3-7,11-13H2,1-2H3,(H,21,24). The van der Waals surface area contributed by atoms with Crippen LogP contribution >= 0.6 is 0 Å². The molecular formula is C20H28N2O4. The SMILES string of the molecule is COc1ccc(CN2CC(C(=O)NC3CCCCC3)CC2=O)cc1OC. The molecule has 6 nitrogen and oxygen atoms in total. The Kier molecular flexibility index (Phi) is 6.01. The molecule has 1 aliphatic carbocycles. The molecule has 3 rings (SSSR count). The summed E-state index contributed by atoms with van der Waals surface area (Å²) in [6.07, 6.45) is 6.03. The number of carbonyl (C=O) groups excluding carboxylic acids is 2. The predicted molar refractivity (Wildman–Crippen MR) is 98.1 cm³/mol. The fourth-order valence-electron chi connectivity index (χ4n) is 3.87. The molecule has 2 fully saturated rings. The first-order chi connectivity index (χ1) is 12.6. The van der Waals surface area contributed by atoms with E-state index < -0.39 is 0 Å². The molecule has 0 radical (unpaired) electrons. The number of hydrogen-bond donors (Lipinski definition) is 1. The first-order valence-electron chi connectivity index (χ1n) is 9.39. The minimum absolute atomic E-state index is 0.0278. The van der Waals surface area contributed by atoms with Gasteiger partial charge in [0.2, 0.25) is 11.8 Å². The second-order valence-corrected chi connectivity index (χ2v) is 7.21. The molecule has 1 aromatic rings. The van der Waals surface area contributed by atoms with Gasteiger partial charge in [0, 0.05) is 25.6 Å². The van der Waals surface area contributed by atoms with Gasteiger partial charge in [-0.15, -0.1) is 0 Å². The van der Waals surface area contributed by atoms with Crippen molar-refractivity contribution in [3.8, 4) is 11.5 Å². The predicted octanol–water partition coefficient (Wildman–Crippen LogP) is 2.50. The minimum atomic E-state index is -0.246. The first-order valence-corrected chi connectivity index (χ1v) is 9.39. The summed E-state index contributed by atoms with van der Waals surface area (Å²) in [5.74, 6) is 1.12. The van der Waals surface area contributed by atoms with Crippen LogP contribution in [0.3, 0.4) is 0 Å². The average molecular weight is 360 g/mol. The number of amides is 2. The molecule has 1 aromatic carbocycles. The van der Waals surface area contributed by atoms with Crippen LogP contribution in [0.1, 0.15) is 44.1 Å². The van der Waals surface area contributed by atoms with Crippen LogP contribution in [-0.4, -0.2) is 43.5 Å². The molecule has 142 valence electrons. The molecule has 0 bridgehead atoms. The molecule has 1 N–H and O–H groups in total. The summed E-state index contributed by atoms with van der Waals surface area (Å²) in [6, 6.07) is 5.92. The van der Waals surface area contributed by atoms with Crippen molar-refractivity contribution in [1.29, 1.82) is 0 Å². The molecule has 1 heterocycles. The highest BCUT2D eigenvalue weighted by Gasteiger charge is 2.35. The highest BCUT2D eigenvalue weighted by Crippen LogP contribution is 2.29. The first kappa shape index (κ1) is 18.5. The van der Waals surface area contributed by atoms with Crippen molar-refractivity contribution in [3.63, 3.8) is 0 Å². The van der Waals surface area contributed by atoms with Gasteiger partial charge in [-0.2, -0.15) is 0 Å². The Hall–Kier alpha value is -2.24. The number of rotatable bonds is 6. The second kappa shape index (κ2) is 8.43. The third kappa shape index (κ3) is 4.29. The molecule has 1 aliphatic heterocycles. The zero-order valence-corrected chi connectivity index (χ0v) is 15.6. The normalized spacial score (nSPS) is 20.9. The van der Waals surface area contributed by atoms with E-state index in [-0.39, 0.29) is 23.8 Å². The van der Waals surface area contributed by atoms with Gasteiger partial charge in [0.15, 0.2) is 11.5 Å². The molecule has 1 unspecified atom stereocenters. The van der Waals surface area contributed by atoms with Crippen molar-refractivity contribution >= 4 is 11.8 Å². The average Bonchev–Trinajstić information content (AvgIpc) is 3.03. The van der Waals surface area contributed by atoms with Crippen LogP contribution in [0.15, 0.2) is 18.2 Å². The Bertz CT molecular complexity index is 655. The summed E-state index contributed by atoms with van der Waals surface area (Å²) >= 11 is 0. The fourth-order valence-corrected chi connectivity index (χ4v) is 3.87. The Morgan fingerprint density at radius 3 is 2.58 bits per heavy atom. The van der Waals surface area contributed by atoms with Crippen LogP contribution in [0.2, 0.25) is 0 Å². The lowest BCUT2D eigenvalue weighted by atomic mass is 9.95. The Balaban J connectivity index is 1.58. The summed E-state index contributed by atoms with van der Waals surface area (Å²) in [6.45, 7) is 0.956. The van der Waals surface area contributed by atoms with E-state index in [4.69, 9.17) is 9.47 Å². The van der Waals surface area contributed by atoms with Gasteiger partial charge in [-0.3, -0.25) is 9.59 Å². The molecule has 26 heavy (non-hydrogen) atoms. The topological polar surface area (TPSA) is 67.9 Å². The molecule has 1 saturated carbocycles. The van der Waals surface area contributed by atoms with Crippen LogP contribution < -0.4 is 14.8 Å². The number of likely N-dealkylation sites (tertiary alicyclic amines) is 1. The molecule has 2 aliphatic rings. The van der Waals surface area contributed by atoms with E-state index in [0.717, 1.165) is 18.4 Å². The summed E-state index contributed by atoms with van der Waals surface area (Å²) in [4.78, 5) is 26.6. The Labute approximate surface area is 154 Å². The number of benzene rings is 1. The Morgan fingerprint density at radius 2 is 1.88 bits per heavy atom. The van der Waals surface area contributed by atoms with Crippen molar-refractivity contribution in [2.24, 2.45) is 5.92 Å². The summed E-state index contributed by atoms with van der Waals surface area (Å²) in [7, 11) is 3.19. The van der Waals surface area contributed by atoms with Crippen LogP contribution in [0, 0.1) is 5.92 Å². The van der Waals surface area contributed by atoms with Crippen molar-refractivity contribution in [1.82, 2.24) is 10.2 Å². The van der Waals surface area contributed by atoms with Crippen molar-refractivity contribution in [2.45, 2.75) is 51.1 Å². The maximum Gasteiger partial charge on any atom is 0.225 e. The molecular weight excluding hydrogens is 332 g/mol. The van der Waals surface area contributed by atoms with Gasteiger partial charge in [0.05, 0.1) is 20.1 Å². The highest BCUT2D eigenvalue weighted by atomic mass is 16.5. The lowest BCUT2D eigenvalue weighted by Crippen LogP contribution is -2.40. The number of nitrogens with zero attached hydrogens (tertiary/aromatic N) is 1. The lowest BCUT2D eigenvalue weighted by molar-refractivity contribution is -0.129. The van der Waals surface area contributed by atoms with Crippen molar-refractivity contribution < 1.29 is 19.1 Å². The van der Waals surface area contributed by atoms with Crippen LogP contribution in [0.5, 0.6) is 11.5 Å². The van der Waals surface area contributed by atoms with Gasteiger partial charge < -0.3 is 19.7 Å². The van der Waals surface area contributed by atoms with Crippen LogP contribution in [-0.2, 0) is 16.1 Å². The maximum atomic E-state index is 12.5. The van der Waals surface area contributed by atoms with Gasteiger partial charge in [0.1, 0.15) is 0 Å². The number of ether oxygens (including phenoxy) is 2. The van der Waals surface area contributed by atoms with Crippen molar-refractivity contribution in [3.05, 3.63) is 23.8 Å². The third-order valence-corrected chi connectivity index (χ3v) is 5.36. The molecule has 6 heteroatoms. The summed E-state index contributed by atoms with van der Waals surface area (Å²) < 4.78 is 10.6.